The molecule has 2 amide bonds. The number of pyridine rings is 1. The van der Waals surface area contributed by atoms with Crippen molar-refractivity contribution in [3.63, 3.8) is 0 Å². The average molecular weight is 413 g/mol. The lowest BCUT2D eigenvalue weighted by molar-refractivity contribution is -0.137. The molecule has 0 aliphatic carbocycles. The Labute approximate surface area is 171 Å². The lowest BCUT2D eigenvalue weighted by Crippen LogP contribution is -2.17. The number of hydrogen-bond donors (Lipinski definition) is 2. The van der Waals surface area contributed by atoms with Crippen molar-refractivity contribution < 1.29 is 22.8 Å². The molecule has 0 saturated carbocycles. The van der Waals surface area contributed by atoms with E-state index in [0.717, 1.165) is 12.1 Å². The quantitative estimate of drug-likeness (QED) is 0.616. The summed E-state index contributed by atoms with van der Waals surface area (Å²) in [6.07, 6.45) is -1.48. The Kier molecular flexibility index (Phi) is 5.86. The minimum Gasteiger partial charge on any atom is -0.322 e. The van der Waals surface area contributed by atoms with E-state index in [1.807, 2.05) is 0 Å². The van der Waals surface area contributed by atoms with Crippen molar-refractivity contribution >= 4 is 23.2 Å². The molecule has 3 rings (SSSR count). The molecule has 0 aliphatic rings. The maximum Gasteiger partial charge on any atom is 0.416 e. The Morgan fingerprint density at radius 2 is 1.43 bits per heavy atom. The number of carbonyl (C=O) groups is 2. The summed E-state index contributed by atoms with van der Waals surface area (Å²) in [5.74, 6) is -1.09. The largest absolute Gasteiger partial charge is 0.416 e. The molecule has 154 valence electrons. The van der Waals surface area contributed by atoms with Gasteiger partial charge in [-0.2, -0.15) is 13.2 Å². The van der Waals surface area contributed by atoms with E-state index < -0.39 is 23.6 Å². The van der Waals surface area contributed by atoms with E-state index in [2.05, 4.69) is 15.6 Å². The first-order chi connectivity index (χ1) is 14.1. The van der Waals surface area contributed by atoms with Crippen LogP contribution in [0.2, 0.25) is 0 Å². The van der Waals surface area contributed by atoms with Crippen LogP contribution in [0.25, 0.3) is 0 Å². The van der Waals surface area contributed by atoms with Crippen LogP contribution in [0.5, 0.6) is 0 Å². The highest BCUT2D eigenvalue weighted by atomic mass is 19.4. The summed E-state index contributed by atoms with van der Waals surface area (Å²) < 4.78 is 38.9. The van der Waals surface area contributed by atoms with Crippen LogP contribution in [0.15, 0.2) is 60.9 Å². The Bertz CT molecular complexity index is 1100. The van der Waals surface area contributed by atoms with E-state index in [1.165, 1.54) is 18.3 Å². The first-order valence-electron chi connectivity index (χ1n) is 8.96. The second-order valence-electron chi connectivity index (χ2n) is 6.71. The molecular formula is C22H18F3N3O2. The maximum atomic E-state index is 13.0. The number of halogens is 3. The predicted octanol–water partition coefficient (Wildman–Crippen LogP) is 5.22. The number of benzene rings is 2. The molecular weight excluding hydrogens is 395 g/mol. The first-order valence-corrected chi connectivity index (χ1v) is 8.96. The third kappa shape index (κ3) is 4.83. The second kappa shape index (κ2) is 8.36. The van der Waals surface area contributed by atoms with Crippen LogP contribution in [0, 0.1) is 13.8 Å². The second-order valence-corrected chi connectivity index (χ2v) is 6.71. The number of alkyl halides is 3. The lowest BCUT2D eigenvalue weighted by Gasteiger charge is -2.13. The monoisotopic (exact) mass is 413 g/mol. The summed E-state index contributed by atoms with van der Waals surface area (Å²) in [6.45, 7) is 3.29. The molecule has 0 aliphatic heterocycles. The molecule has 5 nitrogen and oxygen atoms in total. The van der Waals surface area contributed by atoms with Crippen LogP contribution >= 0.6 is 0 Å². The SMILES string of the molecule is Cc1ccc(NC(=O)c2cc(C(F)(F)F)ccc2C)cc1C(=O)Nc1cccnc1. The van der Waals surface area contributed by atoms with Gasteiger partial charge in [-0.1, -0.05) is 12.1 Å². The van der Waals surface area contributed by atoms with Gasteiger partial charge in [0.05, 0.1) is 17.4 Å². The molecule has 3 aromatic rings. The van der Waals surface area contributed by atoms with Crippen molar-refractivity contribution in [1.29, 1.82) is 0 Å². The minimum absolute atomic E-state index is 0.0910. The van der Waals surface area contributed by atoms with Gasteiger partial charge in [-0.25, -0.2) is 0 Å². The minimum atomic E-state index is -4.55. The highest BCUT2D eigenvalue weighted by Crippen LogP contribution is 2.30. The Morgan fingerprint density at radius 3 is 2.03 bits per heavy atom. The highest BCUT2D eigenvalue weighted by Gasteiger charge is 2.31. The number of nitrogens with zero attached hydrogens (tertiary/aromatic N) is 1. The van der Waals surface area contributed by atoms with Crippen LogP contribution in [-0.4, -0.2) is 16.8 Å². The molecule has 1 heterocycles. The van der Waals surface area contributed by atoms with Crippen LogP contribution in [0.3, 0.4) is 0 Å². The fourth-order valence-electron chi connectivity index (χ4n) is 2.82. The lowest BCUT2D eigenvalue weighted by atomic mass is 10.0. The fourth-order valence-corrected chi connectivity index (χ4v) is 2.82. The molecule has 0 unspecified atom stereocenters. The van der Waals surface area contributed by atoms with Gasteiger partial charge < -0.3 is 10.6 Å². The number of nitrogens with one attached hydrogen (secondary N) is 2. The standard InChI is InChI=1S/C22H18F3N3O2/c1-13-5-7-15(22(23,24)25)10-18(13)20(29)27-16-8-6-14(2)19(11-16)21(30)28-17-4-3-9-26-12-17/h3-12H,1-2H3,(H,27,29)(H,28,30). The van der Waals surface area contributed by atoms with Gasteiger partial charge in [-0.05, 0) is 61.4 Å². The zero-order chi connectivity index (χ0) is 21.9. The van der Waals surface area contributed by atoms with Crippen LogP contribution < -0.4 is 10.6 Å². The maximum absolute atomic E-state index is 13.0. The van der Waals surface area contributed by atoms with Gasteiger partial charge in [-0.3, -0.25) is 14.6 Å². The number of rotatable bonds is 4. The summed E-state index contributed by atoms with van der Waals surface area (Å²) in [6, 6.07) is 11.1. The summed E-state index contributed by atoms with van der Waals surface area (Å²) in [4.78, 5) is 29.1. The third-order valence-corrected chi connectivity index (χ3v) is 4.47. The smallest absolute Gasteiger partial charge is 0.322 e. The van der Waals surface area contributed by atoms with Crippen molar-refractivity contribution in [2.45, 2.75) is 20.0 Å². The van der Waals surface area contributed by atoms with Gasteiger partial charge in [-0.15, -0.1) is 0 Å². The summed E-state index contributed by atoms with van der Waals surface area (Å²) >= 11 is 0. The van der Waals surface area contributed by atoms with Crippen LogP contribution in [0.1, 0.15) is 37.4 Å². The predicted molar refractivity (Wildman–Crippen MR) is 108 cm³/mol. The molecule has 2 N–H and O–H groups in total. The molecule has 0 radical (unpaired) electrons. The van der Waals surface area contributed by atoms with Gasteiger partial charge in [0.1, 0.15) is 0 Å². The molecule has 0 spiro atoms. The summed E-state index contributed by atoms with van der Waals surface area (Å²) in [5.41, 5.74) is 1.20. The van der Waals surface area contributed by atoms with Crippen LogP contribution in [-0.2, 0) is 6.18 Å². The van der Waals surface area contributed by atoms with Gasteiger partial charge in [0.15, 0.2) is 0 Å². The molecule has 0 atom stereocenters. The van der Waals surface area contributed by atoms with Crippen molar-refractivity contribution in [2.24, 2.45) is 0 Å². The molecule has 1 aromatic heterocycles. The van der Waals surface area contributed by atoms with Gasteiger partial charge in [0.2, 0.25) is 0 Å². The fraction of sp³-hybridized carbons (Fsp3) is 0.136. The van der Waals surface area contributed by atoms with E-state index >= 15 is 0 Å². The number of anilines is 2. The van der Waals surface area contributed by atoms with Gasteiger partial charge in [0, 0.05) is 23.0 Å². The third-order valence-electron chi connectivity index (χ3n) is 4.47. The van der Waals surface area contributed by atoms with E-state index in [9.17, 15) is 22.8 Å². The number of carbonyl (C=O) groups excluding carboxylic acids is 2. The molecule has 30 heavy (non-hydrogen) atoms. The number of aryl methyl sites for hydroxylation is 2. The van der Waals surface area contributed by atoms with Crippen molar-refractivity contribution in [3.8, 4) is 0 Å². The van der Waals surface area contributed by atoms with E-state index in [1.54, 1.807) is 44.3 Å². The summed E-state index contributed by atoms with van der Waals surface area (Å²) in [5, 5.41) is 5.27. The Hall–Kier alpha value is -3.68. The highest BCUT2D eigenvalue weighted by molar-refractivity contribution is 6.08. The number of amides is 2. The van der Waals surface area contributed by atoms with Gasteiger partial charge >= 0.3 is 6.18 Å². The molecule has 8 heteroatoms. The van der Waals surface area contributed by atoms with Crippen molar-refractivity contribution in [2.75, 3.05) is 10.6 Å². The van der Waals surface area contributed by atoms with E-state index in [-0.39, 0.29) is 5.56 Å². The normalized spacial score (nSPS) is 11.1. The first kappa shape index (κ1) is 21.0. The van der Waals surface area contributed by atoms with Crippen LogP contribution in [0.4, 0.5) is 24.5 Å². The van der Waals surface area contributed by atoms with Gasteiger partial charge in [0.25, 0.3) is 11.8 Å². The zero-order valence-corrected chi connectivity index (χ0v) is 16.2. The molecule has 0 bridgehead atoms. The van der Waals surface area contributed by atoms with E-state index in [4.69, 9.17) is 0 Å². The molecule has 2 aromatic carbocycles. The molecule has 0 saturated heterocycles. The number of aromatic nitrogens is 1. The zero-order valence-electron chi connectivity index (χ0n) is 16.2. The number of hydrogen-bond acceptors (Lipinski definition) is 3. The topological polar surface area (TPSA) is 71.1 Å². The Balaban J connectivity index is 1.83. The summed E-state index contributed by atoms with van der Waals surface area (Å²) in [7, 11) is 0. The Morgan fingerprint density at radius 1 is 0.833 bits per heavy atom. The average Bonchev–Trinajstić information content (AvgIpc) is 2.69. The van der Waals surface area contributed by atoms with Crippen molar-refractivity contribution in [3.05, 3.63) is 88.7 Å². The molecule has 0 fully saturated rings. The van der Waals surface area contributed by atoms with Crippen molar-refractivity contribution in [1.82, 2.24) is 4.98 Å². The van der Waals surface area contributed by atoms with E-state index in [0.29, 0.717) is 28.1 Å².